The summed E-state index contributed by atoms with van der Waals surface area (Å²) in [6.45, 7) is 4.21. The number of hydrogen-bond donors (Lipinski definition) is 1. The summed E-state index contributed by atoms with van der Waals surface area (Å²) in [5.41, 5.74) is 3.91. The quantitative estimate of drug-likeness (QED) is 0.336. The molecule has 0 saturated heterocycles. The third kappa shape index (κ3) is 5.40. The van der Waals surface area contributed by atoms with Gasteiger partial charge in [-0.1, -0.05) is 54.2 Å². The Labute approximate surface area is 203 Å². The molecule has 34 heavy (non-hydrogen) atoms. The van der Waals surface area contributed by atoms with E-state index in [2.05, 4.69) is 15.5 Å². The largest absolute Gasteiger partial charge is 0.493 e. The van der Waals surface area contributed by atoms with E-state index in [0.717, 1.165) is 22.5 Å². The molecule has 0 bridgehead atoms. The molecule has 0 atom stereocenters. The highest BCUT2D eigenvalue weighted by molar-refractivity contribution is 7.99. The molecule has 0 aliphatic carbocycles. The molecule has 1 N–H and O–H groups in total. The van der Waals surface area contributed by atoms with Gasteiger partial charge in [-0.15, -0.1) is 10.2 Å². The lowest BCUT2D eigenvalue weighted by molar-refractivity contribution is -0.113. The summed E-state index contributed by atoms with van der Waals surface area (Å²) in [5, 5.41) is 12.3. The molecule has 0 spiro atoms. The second kappa shape index (κ2) is 10.9. The zero-order valence-electron chi connectivity index (χ0n) is 19.3. The summed E-state index contributed by atoms with van der Waals surface area (Å²) in [6.07, 6.45) is 0. The number of nitrogens with one attached hydrogen (secondary N) is 1. The van der Waals surface area contributed by atoms with Gasteiger partial charge in [-0.2, -0.15) is 0 Å². The van der Waals surface area contributed by atoms with Crippen molar-refractivity contribution in [2.24, 2.45) is 0 Å². The average molecular weight is 475 g/mol. The zero-order valence-corrected chi connectivity index (χ0v) is 20.1. The highest BCUT2D eigenvalue weighted by Crippen LogP contribution is 2.28. The van der Waals surface area contributed by atoms with Crippen molar-refractivity contribution in [2.75, 3.05) is 18.2 Å². The summed E-state index contributed by atoms with van der Waals surface area (Å²) in [4.78, 5) is 12.7. The summed E-state index contributed by atoms with van der Waals surface area (Å²) in [6, 6.07) is 23.1. The monoisotopic (exact) mass is 474 g/mol. The van der Waals surface area contributed by atoms with Crippen LogP contribution in [0.15, 0.2) is 78.0 Å². The fourth-order valence-corrected chi connectivity index (χ4v) is 4.18. The number of amides is 1. The number of para-hydroxylation sites is 3. The predicted molar refractivity (Wildman–Crippen MR) is 134 cm³/mol. The van der Waals surface area contributed by atoms with E-state index in [4.69, 9.17) is 9.47 Å². The van der Waals surface area contributed by atoms with Crippen molar-refractivity contribution in [2.45, 2.75) is 25.6 Å². The standard InChI is InChI=1S/C26H26N4O3S/c1-18-10-9-13-21(19(18)2)27-25(31)17-34-26-29-28-24(30(26)20-11-5-4-6-12-20)16-33-23-15-8-7-14-22(23)32-3/h4-15H,16-17H2,1-3H3,(H,27,31). The van der Waals surface area contributed by atoms with Gasteiger partial charge in [0.2, 0.25) is 5.91 Å². The van der Waals surface area contributed by atoms with Crippen LogP contribution in [0.25, 0.3) is 5.69 Å². The second-order valence-corrected chi connectivity index (χ2v) is 8.54. The van der Waals surface area contributed by atoms with Crippen LogP contribution in [0.5, 0.6) is 11.5 Å². The van der Waals surface area contributed by atoms with Gasteiger partial charge in [-0.05, 0) is 55.3 Å². The van der Waals surface area contributed by atoms with Crippen LogP contribution in [0.4, 0.5) is 5.69 Å². The molecule has 1 heterocycles. The van der Waals surface area contributed by atoms with Crippen LogP contribution in [-0.4, -0.2) is 33.5 Å². The van der Waals surface area contributed by atoms with Gasteiger partial charge in [0, 0.05) is 11.4 Å². The highest BCUT2D eigenvalue weighted by atomic mass is 32.2. The molecule has 0 unspecified atom stereocenters. The number of thioether (sulfide) groups is 1. The molecule has 8 heteroatoms. The fourth-order valence-electron chi connectivity index (χ4n) is 3.41. The number of aryl methyl sites for hydroxylation is 1. The molecule has 4 rings (SSSR count). The Bertz CT molecular complexity index is 1270. The number of benzene rings is 3. The number of hydrogen-bond acceptors (Lipinski definition) is 6. The van der Waals surface area contributed by atoms with Crippen LogP contribution < -0.4 is 14.8 Å². The van der Waals surface area contributed by atoms with Gasteiger partial charge in [0.15, 0.2) is 22.5 Å². The maximum absolute atomic E-state index is 12.7. The summed E-state index contributed by atoms with van der Waals surface area (Å²) in [5.74, 6) is 1.98. The first-order valence-corrected chi connectivity index (χ1v) is 11.8. The topological polar surface area (TPSA) is 78.3 Å². The Morgan fingerprint density at radius 1 is 0.941 bits per heavy atom. The van der Waals surface area contributed by atoms with Crippen molar-refractivity contribution in [1.82, 2.24) is 14.8 Å². The summed E-state index contributed by atoms with van der Waals surface area (Å²) in [7, 11) is 1.60. The van der Waals surface area contributed by atoms with Gasteiger partial charge in [0.25, 0.3) is 0 Å². The molecule has 174 valence electrons. The number of methoxy groups -OCH3 is 1. The highest BCUT2D eigenvalue weighted by Gasteiger charge is 2.17. The van der Waals surface area contributed by atoms with E-state index in [1.165, 1.54) is 11.8 Å². The van der Waals surface area contributed by atoms with Crippen LogP contribution >= 0.6 is 11.8 Å². The Hall–Kier alpha value is -3.78. The van der Waals surface area contributed by atoms with Gasteiger partial charge in [0.05, 0.1) is 12.9 Å². The predicted octanol–water partition coefficient (Wildman–Crippen LogP) is 5.20. The van der Waals surface area contributed by atoms with Gasteiger partial charge >= 0.3 is 0 Å². The number of aromatic nitrogens is 3. The van der Waals surface area contributed by atoms with Crippen molar-refractivity contribution in [3.8, 4) is 17.2 Å². The lowest BCUT2D eigenvalue weighted by atomic mass is 10.1. The minimum atomic E-state index is -0.104. The van der Waals surface area contributed by atoms with E-state index in [9.17, 15) is 4.79 Å². The molecule has 3 aromatic carbocycles. The third-order valence-corrected chi connectivity index (χ3v) is 6.28. The van der Waals surface area contributed by atoms with Crippen molar-refractivity contribution in [3.63, 3.8) is 0 Å². The summed E-state index contributed by atoms with van der Waals surface area (Å²) >= 11 is 1.33. The maximum atomic E-state index is 12.7. The SMILES string of the molecule is COc1ccccc1OCc1nnc(SCC(=O)Nc2cccc(C)c2C)n1-c1ccccc1. The minimum absolute atomic E-state index is 0.104. The molecule has 0 radical (unpaired) electrons. The van der Waals surface area contributed by atoms with Gasteiger partial charge in [-0.25, -0.2) is 0 Å². The van der Waals surface area contributed by atoms with E-state index in [-0.39, 0.29) is 18.3 Å². The van der Waals surface area contributed by atoms with Crippen LogP contribution in [0, 0.1) is 13.8 Å². The molecule has 1 amide bonds. The molecule has 4 aromatic rings. The molecular weight excluding hydrogens is 448 g/mol. The molecule has 0 aliphatic heterocycles. The van der Waals surface area contributed by atoms with E-state index in [1.54, 1.807) is 7.11 Å². The average Bonchev–Trinajstić information content (AvgIpc) is 3.27. The Morgan fingerprint density at radius 3 is 2.44 bits per heavy atom. The molecule has 0 fully saturated rings. The third-order valence-electron chi connectivity index (χ3n) is 5.35. The van der Waals surface area contributed by atoms with Crippen molar-refractivity contribution in [1.29, 1.82) is 0 Å². The molecule has 0 saturated carbocycles. The number of carbonyl (C=O) groups is 1. The van der Waals surface area contributed by atoms with E-state index < -0.39 is 0 Å². The fraction of sp³-hybridized carbons (Fsp3) is 0.192. The van der Waals surface area contributed by atoms with Crippen molar-refractivity contribution < 1.29 is 14.3 Å². The molecule has 7 nitrogen and oxygen atoms in total. The Kier molecular flexibility index (Phi) is 7.49. The van der Waals surface area contributed by atoms with Gasteiger partial charge in [0.1, 0.15) is 6.61 Å². The number of ether oxygens (including phenoxy) is 2. The normalized spacial score (nSPS) is 10.7. The van der Waals surface area contributed by atoms with Crippen LogP contribution in [0.2, 0.25) is 0 Å². The second-order valence-electron chi connectivity index (χ2n) is 7.59. The lowest BCUT2D eigenvalue weighted by Crippen LogP contribution is -2.15. The van der Waals surface area contributed by atoms with Gasteiger partial charge in [-0.3, -0.25) is 9.36 Å². The number of carbonyl (C=O) groups excluding carboxylic acids is 1. The summed E-state index contributed by atoms with van der Waals surface area (Å²) < 4.78 is 13.3. The van der Waals surface area contributed by atoms with Crippen LogP contribution in [-0.2, 0) is 11.4 Å². The molecule has 0 aliphatic rings. The number of nitrogens with zero attached hydrogens (tertiary/aromatic N) is 3. The van der Waals surface area contributed by atoms with E-state index >= 15 is 0 Å². The van der Waals surface area contributed by atoms with Crippen LogP contribution in [0.1, 0.15) is 17.0 Å². The van der Waals surface area contributed by atoms with Crippen molar-refractivity contribution in [3.05, 3.63) is 89.7 Å². The number of anilines is 1. The first kappa shape index (κ1) is 23.4. The first-order valence-electron chi connectivity index (χ1n) is 10.8. The minimum Gasteiger partial charge on any atom is -0.493 e. The first-order chi connectivity index (χ1) is 16.6. The zero-order chi connectivity index (χ0) is 23.9. The van der Waals surface area contributed by atoms with Crippen LogP contribution in [0.3, 0.4) is 0 Å². The molecule has 1 aromatic heterocycles. The van der Waals surface area contributed by atoms with Gasteiger partial charge < -0.3 is 14.8 Å². The lowest BCUT2D eigenvalue weighted by Gasteiger charge is -2.13. The number of rotatable bonds is 9. The molecular formula is C26H26N4O3S. The smallest absolute Gasteiger partial charge is 0.234 e. The van der Waals surface area contributed by atoms with E-state index in [0.29, 0.717) is 22.5 Å². The Morgan fingerprint density at radius 2 is 1.68 bits per heavy atom. The van der Waals surface area contributed by atoms with E-state index in [1.807, 2.05) is 91.2 Å². The van der Waals surface area contributed by atoms with Crippen molar-refractivity contribution >= 4 is 23.4 Å². The maximum Gasteiger partial charge on any atom is 0.234 e. The Balaban J connectivity index is 1.51.